The van der Waals surface area contributed by atoms with E-state index in [0.717, 1.165) is 0 Å². The molecule has 1 aliphatic heterocycles. The minimum Gasteiger partial charge on any atom is -0.457 e. The second kappa shape index (κ2) is 9.21. The Morgan fingerprint density at radius 2 is 1.67 bits per heavy atom. The van der Waals surface area contributed by atoms with Crippen LogP contribution in [0.4, 0.5) is 5.95 Å². The van der Waals surface area contributed by atoms with Crippen molar-refractivity contribution in [3.8, 4) is 11.5 Å². The first-order chi connectivity index (χ1) is 14.6. The van der Waals surface area contributed by atoms with Crippen molar-refractivity contribution in [1.29, 1.82) is 0 Å². The molecule has 8 nitrogen and oxygen atoms in total. The number of nitrogens with zero attached hydrogens (tertiary/aromatic N) is 3. The van der Waals surface area contributed by atoms with Gasteiger partial charge in [0.1, 0.15) is 11.5 Å². The zero-order valence-corrected chi connectivity index (χ0v) is 17.1. The summed E-state index contributed by atoms with van der Waals surface area (Å²) < 4.78 is 38.9. The van der Waals surface area contributed by atoms with Crippen LogP contribution in [-0.4, -0.2) is 44.7 Å². The minimum absolute atomic E-state index is 0.0739. The third-order valence-electron chi connectivity index (χ3n) is 4.55. The van der Waals surface area contributed by atoms with Gasteiger partial charge in [0.2, 0.25) is 16.0 Å². The standard InChI is InChI=1S/C21H22N4O4S/c26-30(27,20-8-6-19(7-9-20)29-18-4-2-1-3-5-18)23-16-17-10-11-22-21(24-17)25-12-14-28-15-13-25/h1-11,23H,12-16H2. The maximum absolute atomic E-state index is 12.6. The SMILES string of the molecule is O=S(=O)(NCc1ccnc(N2CCOCC2)n1)c1ccc(Oc2ccccc2)cc1. The van der Waals surface area contributed by atoms with Gasteiger partial charge in [0.25, 0.3) is 0 Å². The molecule has 0 unspecified atom stereocenters. The van der Waals surface area contributed by atoms with Crippen LogP contribution in [0, 0.1) is 0 Å². The van der Waals surface area contributed by atoms with Gasteiger partial charge in [-0.3, -0.25) is 0 Å². The lowest BCUT2D eigenvalue weighted by atomic mass is 10.3. The Labute approximate surface area is 175 Å². The highest BCUT2D eigenvalue weighted by Gasteiger charge is 2.16. The second-order valence-electron chi connectivity index (χ2n) is 6.66. The maximum atomic E-state index is 12.6. The third-order valence-corrected chi connectivity index (χ3v) is 5.97. The highest BCUT2D eigenvalue weighted by Crippen LogP contribution is 2.22. The van der Waals surface area contributed by atoms with Crippen molar-refractivity contribution in [1.82, 2.24) is 14.7 Å². The molecule has 0 amide bonds. The largest absolute Gasteiger partial charge is 0.457 e. The summed E-state index contributed by atoms with van der Waals surface area (Å²) in [5.74, 6) is 1.83. The highest BCUT2D eigenvalue weighted by atomic mass is 32.2. The molecule has 156 valence electrons. The Morgan fingerprint density at radius 1 is 0.967 bits per heavy atom. The van der Waals surface area contributed by atoms with Gasteiger partial charge in [0, 0.05) is 19.3 Å². The van der Waals surface area contributed by atoms with E-state index in [2.05, 4.69) is 14.7 Å². The molecule has 9 heteroatoms. The number of morpholine rings is 1. The van der Waals surface area contributed by atoms with Crippen LogP contribution < -0.4 is 14.4 Å². The van der Waals surface area contributed by atoms with Crippen molar-refractivity contribution in [3.63, 3.8) is 0 Å². The molecule has 0 spiro atoms. The van der Waals surface area contributed by atoms with Gasteiger partial charge in [-0.15, -0.1) is 0 Å². The smallest absolute Gasteiger partial charge is 0.240 e. The molecule has 1 saturated heterocycles. The van der Waals surface area contributed by atoms with Crippen molar-refractivity contribution >= 4 is 16.0 Å². The summed E-state index contributed by atoms with van der Waals surface area (Å²) in [4.78, 5) is 10.9. The van der Waals surface area contributed by atoms with Crippen LogP contribution in [0.5, 0.6) is 11.5 Å². The van der Waals surface area contributed by atoms with Crippen LogP contribution in [-0.2, 0) is 21.3 Å². The fourth-order valence-corrected chi connectivity index (χ4v) is 3.96. The number of sulfonamides is 1. The monoisotopic (exact) mass is 426 g/mol. The van der Waals surface area contributed by atoms with Crippen molar-refractivity contribution in [2.45, 2.75) is 11.4 Å². The zero-order valence-electron chi connectivity index (χ0n) is 16.3. The number of aromatic nitrogens is 2. The molecule has 0 radical (unpaired) electrons. The van der Waals surface area contributed by atoms with Crippen molar-refractivity contribution in [2.75, 3.05) is 31.2 Å². The lowest BCUT2D eigenvalue weighted by Gasteiger charge is -2.26. The molecule has 3 aromatic rings. The van der Waals surface area contributed by atoms with E-state index in [0.29, 0.717) is 49.4 Å². The molecule has 1 aromatic heterocycles. The Morgan fingerprint density at radius 3 is 2.40 bits per heavy atom. The quantitative estimate of drug-likeness (QED) is 0.621. The van der Waals surface area contributed by atoms with Crippen LogP contribution in [0.25, 0.3) is 0 Å². The molecule has 2 heterocycles. The van der Waals surface area contributed by atoms with Gasteiger partial charge in [-0.05, 0) is 42.5 Å². The fraction of sp³-hybridized carbons (Fsp3) is 0.238. The summed E-state index contributed by atoms with van der Waals surface area (Å²) in [5.41, 5.74) is 0.596. The Balaban J connectivity index is 1.39. The van der Waals surface area contributed by atoms with Crippen LogP contribution in [0.3, 0.4) is 0 Å². The van der Waals surface area contributed by atoms with Crippen LogP contribution in [0.15, 0.2) is 71.8 Å². The van der Waals surface area contributed by atoms with E-state index in [1.165, 1.54) is 12.1 Å². The van der Waals surface area contributed by atoms with Gasteiger partial charge in [-0.25, -0.2) is 23.1 Å². The minimum atomic E-state index is -3.69. The van der Waals surface area contributed by atoms with Gasteiger partial charge >= 0.3 is 0 Å². The molecule has 0 saturated carbocycles. The van der Waals surface area contributed by atoms with Crippen molar-refractivity contribution in [2.24, 2.45) is 0 Å². The van der Waals surface area contributed by atoms with E-state index in [-0.39, 0.29) is 11.4 Å². The molecule has 0 aliphatic carbocycles. The number of ether oxygens (including phenoxy) is 2. The van der Waals surface area contributed by atoms with E-state index in [1.54, 1.807) is 24.4 Å². The van der Waals surface area contributed by atoms with Gasteiger partial charge in [0.15, 0.2) is 0 Å². The number of hydrogen-bond acceptors (Lipinski definition) is 7. The Bertz CT molecular complexity index is 1070. The van der Waals surface area contributed by atoms with Crippen LogP contribution in [0.1, 0.15) is 5.69 Å². The third kappa shape index (κ3) is 5.12. The van der Waals surface area contributed by atoms with Crippen LogP contribution >= 0.6 is 0 Å². The summed E-state index contributed by atoms with van der Waals surface area (Å²) in [6.45, 7) is 2.76. The average Bonchev–Trinajstić information content (AvgIpc) is 2.80. The van der Waals surface area contributed by atoms with E-state index in [9.17, 15) is 8.42 Å². The molecule has 4 rings (SSSR count). The number of hydrogen-bond donors (Lipinski definition) is 1. The first-order valence-electron chi connectivity index (χ1n) is 9.57. The second-order valence-corrected chi connectivity index (χ2v) is 8.43. The van der Waals surface area contributed by atoms with Crippen molar-refractivity contribution < 1.29 is 17.9 Å². The van der Waals surface area contributed by atoms with E-state index in [1.807, 2.05) is 35.2 Å². The van der Waals surface area contributed by atoms with E-state index in [4.69, 9.17) is 9.47 Å². The average molecular weight is 426 g/mol. The summed E-state index contributed by atoms with van der Waals surface area (Å²) in [6, 6.07) is 17.3. The van der Waals surface area contributed by atoms with Gasteiger partial charge in [0.05, 0.1) is 30.3 Å². The number of anilines is 1. The molecular weight excluding hydrogens is 404 g/mol. The normalized spacial score (nSPS) is 14.5. The predicted molar refractivity (Wildman–Crippen MR) is 112 cm³/mol. The molecule has 1 N–H and O–H groups in total. The molecule has 1 aliphatic rings. The molecule has 30 heavy (non-hydrogen) atoms. The topological polar surface area (TPSA) is 93.7 Å². The molecule has 0 bridgehead atoms. The maximum Gasteiger partial charge on any atom is 0.240 e. The van der Waals surface area contributed by atoms with Gasteiger partial charge in [-0.1, -0.05) is 18.2 Å². The summed E-state index contributed by atoms with van der Waals surface area (Å²) in [5, 5.41) is 0. The fourth-order valence-electron chi connectivity index (χ4n) is 2.96. The van der Waals surface area contributed by atoms with Crippen LogP contribution in [0.2, 0.25) is 0 Å². The number of benzene rings is 2. The van der Waals surface area contributed by atoms with E-state index >= 15 is 0 Å². The highest BCUT2D eigenvalue weighted by molar-refractivity contribution is 7.89. The first kappa shape index (κ1) is 20.3. The Hall–Kier alpha value is -3.01. The summed E-state index contributed by atoms with van der Waals surface area (Å²) in [7, 11) is -3.69. The summed E-state index contributed by atoms with van der Waals surface area (Å²) in [6.07, 6.45) is 1.64. The molecule has 2 aromatic carbocycles. The Kier molecular flexibility index (Phi) is 6.22. The number of para-hydroxylation sites is 1. The lowest BCUT2D eigenvalue weighted by Crippen LogP contribution is -2.37. The van der Waals surface area contributed by atoms with Gasteiger partial charge in [-0.2, -0.15) is 0 Å². The first-order valence-corrected chi connectivity index (χ1v) is 11.1. The molecular formula is C21H22N4O4S. The van der Waals surface area contributed by atoms with Crippen molar-refractivity contribution in [3.05, 3.63) is 72.6 Å². The molecule has 0 atom stereocenters. The lowest BCUT2D eigenvalue weighted by molar-refractivity contribution is 0.122. The number of rotatable bonds is 7. The predicted octanol–water partition coefficient (Wildman–Crippen LogP) is 2.58. The molecule has 1 fully saturated rings. The zero-order chi connectivity index (χ0) is 20.8. The van der Waals surface area contributed by atoms with Gasteiger partial charge < -0.3 is 14.4 Å². The number of nitrogens with one attached hydrogen (secondary N) is 1. The van der Waals surface area contributed by atoms with E-state index < -0.39 is 10.0 Å². The summed E-state index contributed by atoms with van der Waals surface area (Å²) >= 11 is 0.